The van der Waals surface area contributed by atoms with Crippen LogP contribution in [0.1, 0.15) is 0 Å². The zero-order chi connectivity index (χ0) is 16.8. The van der Waals surface area contributed by atoms with Crippen LogP contribution in [0, 0.1) is 0 Å². The molecule has 24 heavy (non-hydrogen) atoms. The summed E-state index contributed by atoms with van der Waals surface area (Å²) in [6.07, 6.45) is 0. The number of anilines is 4. The van der Waals surface area contributed by atoms with E-state index in [0.29, 0.717) is 0 Å². The fourth-order valence-corrected chi connectivity index (χ4v) is 2.47. The Kier molecular flexibility index (Phi) is 4.87. The Bertz CT molecular complexity index is 762. The van der Waals surface area contributed by atoms with Crippen molar-refractivity contribution in [1.82, 2.24) is 0 Å². The molecular weight excluding hydrogens is 296 g/mol. The predicted octanol–water partition coefficient (Wildman–Crippen LogP) is 4.04. The minimum atomic E-state index is 0.778. The first kappa shape index (κ1) is 15.7. The van der Waals surface area contributed by atoms with Crippen molar-refractivity contribution in [2.75, 3.05) is 35.2 Å². The average molecular weight is 318 g/mol. The Labute approximate surface area is 142 Å². The number of rotatable bonds is 6. The third-order valence-corrected chi connectivity index (χ3v) is 3.82. The van der Waals surface area contributed by atoms with Gasteiger partial charge in [0.05, 0.1) is 0 Å². The second-order valence-corrected chi connectivity index (χ2v) is 5.67. The van der Waals surface area contributed by atoms with E-state index in [-0.39, 0.29) is 0 Å². The lowest BCUT2D eigenvalue weighted by atomic mass is 10.1. The Morgan fingerprint density at radius 2 is 0.833 bits per heavy atom. The summed E-state index contributed by atoms with van der Waals surface area (Å²) in [6.45, 7) is 1.68. The summed E-state index contributed by atoms with van der Waals surface area (Å²) in [5.41, 5.74) is 17.5. The van der Waals surface area contributed by atoms with Crippen molar-refractivity contribution in [3.05, 3.63) is 72.8 Å². The molecule has 0 amide bonds. The van der Waals surface area contributed by atoms with Gasteiger partial charge in [-0.15, -0.1) is 0 Å². The van der Waals surface area contributed by atoms with Crippen LogP contribution in [0.3, 0.4) is 0 Å². The van der Waals surface area contributed by atoms with Crippen molar-refractivity contribution in [3.63, 3.8) is 0 Å². The lowest BCUT2D eigenvalue weighted by Crippen LogP contribution is -2.13. The van der Waals surface area contributed by atoms with Gasteiger partial charge in [0.25, 0.3) is 0 Å². The van der Waals surface area contributed by atoms with Crippen LogP contribution in [0.15, 0.2) is 72.8 Å². The molecule has 122 valence electrons. The highest BCUT2D eigenvalue weighted by atomic mass is 14.9. The van der Waals surface area contributed by atoms with E-state index in [0.717, 1.165) is 35.8 Å². The molecule has 4 nitrogen and oxygen atoms in total. The van der Waals surface area contributed by atoms with E-state index >= 15 is 0 Å². The molecule has 4 heteroatoms. The molecule has 0 bridgehead atoms. The fourth-order valence-electron chi connectivity index (χ4n) is 2.47. The molecule has 3 aromatic carbocycles. The van der Waals surface area contributed by atoms with Crippen LogP contribution in [0.25, 0.3) is 11.1 Å². The lowest BCUT2D eigenvalue weighted by molar-refractivity contribution is 1.08. The van der Waals surface area contributed by atoms with E-state index in [2.05, 4.69) is 34.9 Å². The molecule has 0 aliphatic rings. The summed E-state index contributed by atoms with van der Waals surface area (Å²) < 4.78 is 0. The average Bonchev–Trinajstić information content (AvgIpc) is 2.62. The first-order valence-corrected chi connectivity index (χ1v) is 8.00. The first-order chi connectivity index (χ1) is 11.7. The lowest BCUT2D eigenvalue weighted by Gasteiger charge is -2.10. The number of nitrogens with one attached hydrogen (secondary N) is 2. The van der Waals surface area contributed by atoms with Gasteiger partial charge in [-0.3, -0.25) is 0 Å². The van der Waals surface area contributed by atoms with Crippen molar-refractivity contribution in [2.45, 2.75) is 0 Å². The van der Waals surface area contributed by atoms with Crippen LogP contribution < -0.4 is 22.1 Å². The molecule has 6 N–H and O–H groups in total. The zero-order valence-electron chi connectivity index (χ0n) is 13.5. The topological polar surface area (TPSA) is 76.1 Å². The summed E-state index contributed by atoms with van der Waals surface area (Å²) in [6, 6.07) is 24.1. The van der Waals surface area contributed by atoms with E-state index in [9.17, 15) is 0 Å². The minimum Gasteiger partial charge on any atom is -0.399 e. The maximum atomic E-state index is 5.72. The maximum absolute atomic E-state index is 5.72. The standard InChI is InChI=1S/C20H22N4/c21-17-5-1-15(2-6-17)16-3-9-19(10-4-16)23-13-14-24-20-11-7-18(22)8-12-20/h1-12,23-24H,13-14,21-22H2. The molecule has 0 aliphatic carbocycles. The third-order valence-electron chi connectivity index (χ3n) is 3.82. The number of nitrogen functional groups attached to an aromatic ring is 2. The van der Waals surface area contributed by atoms with E-state index in [1.165, 1.54) is 11.1 Å². The second-order valence-electron chi connectivity index (χ2n) is 5.67. The van der Waals surface area contributed by atoms with Crippen LogP contribution in [-0.2, 0) is 0 Å². The van der Waals surface area contributed by atoms with Crippen molar-refractivity contribution in [2.24, 2.45) is 0 Å². The van der Waals surface area contributed by atoms with Crippen LogP contribution in [-0.4, -0.2) is 13.1 Å². The number of benzene rings is 3. The van der Waals surface area contributed by atoms with Gasteiger partial charge in [-0.05, 0) is 59.7 Å². The number of hydrogen-bond acceptors (Lipinski definition) is 4. The van der Waals surface area contributed by atoms with Gasteiger partial charge in [-0.2, -0.15) is 0 Å². The number of hydrogen-bond donors (Lipinski definition) is 4. The van der Waals surface area contributed by atoms with E-state index in [4.69, 9.17) is 11.5 Å². The fraction of sp³-hybridized carbons (Fsp3) is 0.100. The molecule has 0 unspecified atom stereocenters. The molecule has 0 fully saturated rings. The highest BCUT2D eigenvalue weighted by molar-refractivity contribution is 5.67. The molecule has 0 radical (unpaired) electrons. The smallest absolute Gasteiger partial charge is 0.0342 e. The Morgan fingerprint density at radius 1 is 0.500 bits per heavy atom. The van der Waals surface area contributed by atoms with Crippen molar-refractivity contribution in [3.8, 4) is 11.1 Å². The summed E-state index contributed by atoms with van der Waals surface area (Å²) in [4.78, 5) is 0. The first-order valence-electron chi connectivity index (χ1n) is 8.00. The summed E-state index contributed by atoms with van der Waals surface area (Å²) in [7, 11) is 0. The van der Waals surface area contributed by atoms with Crippen LogP contribution in [0.5, 0.6) is 0 Å². The highest BCUT2D eigenvalue weighted by Crippen LogP contribution is 2.22. The van der Waals surface area contributed by atoms with Gasteiger partial charge in [0, 0.05) is 35.8 Å². The monoisotopic (exact) mass is 318 g/mol. The SMILES string of the molecule is Nc1ccc(NCCNc2ccc(-c3ccc(N)cc3)cc2)cc1. The van der Waals surface area contributed by atoms with Crippen LogP contribution >= 0.6 is 0 Å². The van der Waals surface area contributed by atoms with Crippen molar-refractivity contribution < 1.29 is 0 Å². The van der Waals surface area contributed by atoms with Crippen molar-refractivity contribution in [1.29, 1.82) is 0 Å². The predicted molar refractivity (Wildman–Crippen MR) is 104 cm³/mol. The van der Waals surface area contributed by atoms with Gasteiger partial charge in [0.15, 0.2) is 0 Å². The second kappa shape index (κ2) is 7.42. The van der Waals surface area contributed by atoms with E-state index < -0.39 is 0 Å². The molecule has 0 atom stereocenters. The van der Waals surface area contributed by atoms with Crippen LogP contribution in [0.4, 0.5) is 22.7 Å². The Hall–Kier alpha value is -3.14. The van der Waals surface area contributed by atoms with Gasteiger partial charge >= 0.3 is 0 Å². The van der Waals surface area contributed by atoms with Gasteiger partial charge in [0.2, 0.25) is 0 Å². The molecule has 3 rings (SSSR count). The molecule has 0 saturated carbocycles. The molecule has 0 aromatic heterocycles. The summed E-state index contributed by atoms with van der Waals surface area (Å²) >= 11 is 0. The van der Waals surface area contributed by atoms with E-state index in [1.807, 2.05) is 48.5 Å². The van der Waals surface area contributed by atoms with Gasteiger partial charge in [-0.1, -0.05) is 24.3 Å². The molecule has 3 aromatic rings. The molecule has 0 spiro atoms. The largest absolute Gasteiger partial charge is 0.399 e. The molecule has 0 heterocycles. The highest BCUT2D eigenvalue weighted by Gasteiger charge is 1.98. The van der Waals surface area contributed by atoms with Crippen LogP contribution in [0.2, 0.25) is 0 Å². The summed E-state index contributed by atoms with van der Waals surface area (Å²) in [5, 5.41) is 6.76. The zero-order valence-corrected chi connectivity index (χ0v) is 13.5. The summed E-state index contributed by atoms with van der Waals surface area (Å²) in [5.74, 6) is 0. The molecule has 0 saturated heterocycles. The van der Waals surface area contributed by atoms with Gasteiger partial charge in [0.1, 0.15) is 0 Å². The van der Waals surface area contributed by atoms with Gasteiger partial charge in [-0.25, -0.2) is 0 Å². The Morgan fingerprint density at radius 3 is 1.29 bits per heavy atom. The van der Waals surface area contributed by atoms with Crippen molar-refractivity contribution >= 4 is 22.7 Å². The number of nitrogens with two attached hydrogens (primary N) is 2. The third kappa shape index (κ3) is 4.20. The maximum Gasteiger partial charge on any atom is 0.0342 e. The van der Waals surface area contributed by atoms with E-state index in [1.54, 1.807) is 0 Å². The normalized spacial score (nSPS) is 10.3. The quantitative estimate of drug-likeness (QED) is 0.409. The molecular formula is C20H22N4. The minimum absolute atomic E-state index is 0.778. The molecule has 0 aliphatic heterocycles. The Balaban J connectivity index is 1.49. The van der Waals surface area contributed by atoms with Gasteiger partial charge < -0.3 is 22.1 Å².